The molecule has 1 saturated heterocycles. The summed E-state index contributed by atoms with van der Waals surface area (Å²) in [5, 5.41) is 9.14. The van der Waals surface area contributed by atoms with E-state index in [-0.39, 0.29) is 11.3 Å². The predicted octanol–water partition coefficient (Wildman–Crippen LogP) is 5.70. The molecule has 9 heteroatoms. The van der Waals surface area contributed by atoms with Gasteiger partial charge in [-0.2, -0.15) is 18.4 Å². The summed E-state index contributed by atoms with van der Waals surface area (Å²) in [5.41, 5.74) is -1.53. The second-order valence-corrected chi connectivity index (χ2v) is 8.35. The second-order valence-electron chi connectivity index (χ2n) is 8.35. The minimum absolute atomic E-state index is 0.205. The largest absolute Gasteiger partial charge is 0.418 e. The third-order valence-corrected chi connectivity index (χ3v) is 5.87. The molecule has 172 valence electrons. The first-order valence-electron chi connectivity index (χ1n) is 10.3. The van der Waals surface area contributed by atoms with Crippen molar-refractivity contribution in [2.75, 3.05) is 9.80 Å². The number of hydrogen-bond donors (Lipinski definition) is 0. The van der Waals surface area contributed by atoms with Gasteiger partial charge in [0.1, 0.15) is 5.54 Å². The number of aromatic nitrogens is 1. The SMILES string of the molecule is Cc1c(N2C(=O)N(c3ccc(-c4cccnc4)cc3)C(C)(C)C2=O)ccc(C#N)c1C(F)(F)F. The van der Waals surface area contributed by atoms with E-state index < -0.39 is 34.8 Å². The number of urea groups is 1. The lowest BCUT2D eigenvalue weighted by Gasteiger charge is -2.27. The van der Waals surface area contributed by atoms with Gasteiger partial charge in [-0.3, -0.25) is 14.7 Å². The number of alkyl halides is 3. The summed E-state index contributed by atoms with van der Waals surface area (Å²) >= 11 is 0. The van der Waals surface area contributed by atoms with Crippen LogP contribution in [-0.4, -0.2) is 22.5 Å². The molecule has 0 radical (unpaired) electrons. The van der Waals surface area contributed by atoms with E-state index in [9.17, 15) is 22.8 Å². The fourth-order valence-electron chi connectivity index (χ4n) is 4.18. The van der Waals surface area contributed by atoms with Crippen molar-refractivity contribution in [2.24, 2.45) is 0 Å². The van der Waals surface area contributed by atoms with E-state index >= 15 is 0 Å². The molecule has 0 bridgehead atoms. The standard InChI is InChI=1S/C25H19F3N4O2/c1-15-20(11-8-17(13-29)21(15)25(26,27)28)31-22(33)24(2,3)32(23(31)34)19-9-6-16(7-10-19)18-5-4-12-30-14-18/h4-12,14H,1-3H3. The van der Waals surface area contributed by atoms with Gasteiger partial charge in [-0.15, -0.1) is 0 Å². The second kappa shape index (κ2) is 7.99. The third-order valence-electron chi connectivity index (χ3n) is 5.87. The number of carbonyl (C=O) groups excluding carboxylic acids is 2. The van der Waals surface area contributed by atoms with E-state index in [0.717, 1.165) is 29.0 Å². The van der Waals surface area contributed by atoms with Gasteiger partial charge < -0.3 is 0 Å². The first-order valence-corrected chi connectivity index (χ1v) is 10.3. The molecule has 0 unspecified atom stereocenters. The molecule has 0 saturated carbocycles. The number of pyridine rings is 1. The van der Waals surface area contributed by atoms with E-state index in [2.05, 4.69) is 4.98 Å². The number of carbonyl (C=O) groups is 2. The molecule has 2 aromatic carbocycles. The number of rotatable bonds is 3. The van der Waals surface area contributed by atoms with Gasteiger partial charge in [0.15, 0.2) is 0 Å². The van der Waals surface area contributed by atoms with Crippen LogP contribution in [0.4, 0.5) is 29.3 Å². The van der Waals surface area contributed by atoms with E-state index in [1.807, 2.05) is 6.07 Å². The van der Waals surface area contributed by atoms with Gasteiger partial charge >= 0.3 is 12.2 Å². The molecule has 3 aromatic rings. The Morgan fingerprint density at radius 3 is 2.24 bits per heavy atom. The molecule has 1 aliphatic heterocycles. The quantitative estimate of drug-likeness (QED) is 0.466. The molecule has 6 nitrogen and oxygen atoms in total. The Labute approximate surface area is 193 Å². The van der Waals surface area contributed by atoms with Crippen molar-refractivity contribution in [2.45, 2.75) is 32.5 Å². The van der Waals surface area contributed by atoms with Crippen LogP contribution in [0.3, 0.4) is 0 Å². The van der Waals surface area contributed by atoms with Gasteiger partial charge in [0, 0.05) is 18.1 Å². The number of nitrogens with zero attached hydrogens (tertiary/aromatic N) is 4. The summed E-state index contributed by atoms with van der Waals surface area (Å²) in [4.78, 5) is 32.8. The Hall–Kier alpha value is -4.19. The summed E-state index contributed by atoms with van der Waals surface area (Å²) in [7, 11) is 0. The topological polar surface area (TPSA) is 77.3 Å². The fraction of sp³-hybridized carbons (Fsp3) is 0.200. The molecule has 3 amide bonds. The Kier molecular flexibility index (Phi) is 5.40. The maximum absolute atomic E-state index is 13.7. The first kappa shape index (κ1) is 23.0. The number of hydrogen-bond acceptors (Lipinski definition) is 4. The highest BCUT2D eigenvalue weighted by Crippen LogP contribution is 2.42. The number of benzene rings is 2. The van der Waals surface area contributed by atoms with E-state index in [1.165, 1.54) is 30.9 Å². The van der Waals surface area contributed by atoms with Gasteiger partial charge in [-0.25, -0.2) is 9.69 Å². The Morgan fingerprint density at radius 1 is 1.00 bits per heavy atom. The lowest BCUT2D eigenvalue weighted by molar-refractivity contribution is -0.138. The van der Waals surface area contributed by atoms with Crippen LogP contribution < -0.4 is 9.80 Å². The fourth-order valence-corrected chi connectivity index (χ4v) is 4.18. The minimum atomic E-state index is -4.83. The normalized spacial score (nSPS) is 15.6. The van der Waals surface area contributed by atoms with Crippen molar-refractivity contribution in [1.82, 2.24) is 4.98 Å². The highest BCUT2D eigenvalue weighted by Gasteiger charge is 2.53. The van der Waals surface area contributed by atoms with Crippen LogP contribution in [0.15, 0.2) is 60.9 Å². The number of imide groups is 1. The Balaban J connectivity index is 1.78. The van der Waals surface area contributed by atoms with Crippen molar-refractivity contribution in [3.63, 3.8) is 0 Å². The van der Waals surface area contributed by atoms with E-state index in [0.29, 0.717) is 5.69 Å². The van der Waals surface area contributed by atoms with Crippen LogP contribution in [0.25, 0.3) is 11.1 Å². The molecule has 0 atom stereocenters. The summed E-state index contributed by atoms with van der Waals surface area (Å²) in [6.07, 6.45) is -1.48. The molecule has 0 aliphatic carbocycles. The van der Waals surface area contributed by atoms with Crippen LogP contribution >= 0.6 is 0 Å². The Morgan fingerprint density at radius 2 is 1.68 bits per heavy atom. The molecule has 2 heterocycles. The number of anilines is 2. The average molecular weight is 464 g/mol. The molecule has 4 rings (SSSR count). The van der Waals surface area contributed by atoms with Crippen molar-refractivity contribution in [3.05, 3.63) is 77.6 Å². The van der Waals surface area contributed by atoms with Crippen LogP contribution in [0.5, 0.6) is 0 Å². The molecule has 1 fully saturated rings. The zero-order valence-electron chi connectivity index (χ0n) is 18.5. The van der Waals surface area contributed by atoms with Crippen LogP contribution in [0.2, 0.25) is 0 Å². The first-order chi connectivity index (χ1) is 16.0. The van der Waals surface area contributed by atoms with Crippen LogP contribution in [0.1, 0.15) is 30.5 Å². The molecular weight excluding hydrogens is 445 g/mol. The number of nitriles is 1. The highest BCUT2D eigenvalue weighted by atomic mass is 19.4. The maximum Gasteiger partial charge on any atom is 0.418 e. The molecule has 34 heavy (non-hydrogen) atoms. The Bertz CT molecular complexity index is 1330. The van der Waals surface area contributed by atoms with Crippen molar-refractivity contribution < 1.29 is 22.8 Å². The highest BCUT2D eigenvalue weighted by molar-refractivity contribution is 6.30. The van der Waals surface area contributed by atoms with Crippen molar-refractivity contribution in [3.8, 4) is 17.2 Å². The summed E-state index contributed by atoms with van der Waals surface area (Å²) < 4.78 is 41.0. The zero-order chi connectivity index (χ0) is 24.8. The minimum Gasteiger partial charge on any atom is -0.279 e. The smallest absolute Gasteiger partial charge is 0.279 e. The zero-order valence-corrected chi connectivity index (χ0v) is 18.5. The summed E-state index contributed by atoms with van der Waals surface area (Å²) in [6, 6.07) is 13.5. The van der Waals surface area contributed by atoms with Crippen molar-refractivity contribution >= 4 is 23.3 Å². The molecule has 1 aliphatic rings. The number of halogens is 3. The van der Waals surface area contributed by atoms with E-state index in [4.69, 9.17) is 5.26 Å². The van der Waals surface area contributed by atoms with Gasteiger partial charge in [-0.05, 0) is 67.8 Å². The van der Waals surface area contributed by atoms with E-state index in [1.54, 1.807) is 42.7 Å². The average Bonchev–Trinajstić information content (AvgIpc) is 2.97. The van der Waals surface area contributed by atoms with Crippen molar-refractivity contribution in [1.29, 1.82) is 5.26 Å². The van der Waals surface area contributed by atoms with Gasteiger partial charge in [0.2, 0.25) is 0 Å². The number of amides is 3. The van der Waals surface area contributed by atoms with Crippen LogP contribution in [0, 0.1) is 18.3 Å². The monoisotopic (exact) mass is 464 g/mol. The lowest BCUT2D eigenvalue weighted by Crippen LogP contribution is -2.44. The molecular formula is C25H19F3N4O2. The van der Waals surface area contributed by atoms with Gasteiger partial charge in [0.25, 0.3) is 5.91 Å². The van der Waals surface area contributed by atoms with Gasteiger partial charge in [-0.1, -0.05) is 18.2 Å². The molecule has 0 spiro atoms. The molecule has 1 aromatic heterocycles. The maximum atomic E-state index is 13.7. The lowest BCUT2D eigenvalue weighted by atomic mass is 9.98. The van der Waals surface area contributed by atoms with Gasteiger partial charge in [0.05, 0.1) is 22.9 Å². The van der Waals surface area contributed by atoms with Crippen LogP contribution in [-0.2, 0) is 11.0 Å². The molecule has 0 N–H and O–H groups in total. The summed E-state index contributed by atoms with van der Waals surface area (Å²) in [6.45, 7) is 4.22. The predicted molar refractivity (Wildman–Crippen MR) is 120 cm³/mol. The summed E-state index contributed by atoms with van der Waals surface area (Å²) in [5.74, 6) is -0.672. The third kappa shape index (κ3) is 3.57.